The number of phenols is 3. The lowest BCUT2D eigenvalue weighted by atomic mass is 9.99. The normalized spacial score (nSPS) is 10.6. The van der Waals surface area contributed by atoms with Gasteiger partial charge < -0.3 is 82.4 Å². The van der Waals surface area contributed by atoms with Gasteiger partial charge in [0.25, 0.3) is 0 Å². The number of esters is 2. The Kier molecular flexibility index (Phi) is 28.8. The van der Waals surface area contributed by atoms with E-state index in [2.05, 4.69) is 0 Å². The zero-order valence-electron chi connectivity index (χ0n) is 44.2. The smallest absolute Gasteiger partial charge is 0.341 e. The molecule has 73 heavy (non-hydrogen) atoms. The third kappa shape index (κ3) is 20.2. The molecule has 0 bridgehead atoms. The highest BCUT2D eigenvalue weighted by molar-refractivity contribution is 5.94. The van der Waals surface area contributed by atoms with Gasteiger partial charge in [-0.3, -0.25) is 0 Å². The molecule has 0 radical (unpaired) electrons. The van der Waals surface area contributed by atoms with Crippen LogP contribution in [0.1, 0.15) is 143 Å². The van der Waals surface area contributed by atoms with Crippen molar-refractivity contribution < 1.29 is 102 Å². The standard InChI is InChI=1S/C15H22O6.C13H18O5.2C12H16O5/c1-10(2)11-6-12(15(16)19-5)14(21-9-18-4)7-13(11)20-8-17-3;1-8(2)9-5-10(13(15)17-4)12(6-11(9)14)18-7-16-3;1-7(2)8-4-9(12(14)15)10(13)5-11(8)17-6-16-3;1-7(2)8-4-9(12(14)15)11(5-10(8)13)17-6-16-3/h6-7,10H,8-9H2,1-5H3;5-6,8,14H,7H2,1-4H3;2*4-5,7,13H,6H2,1-3H3,(H,14,15). The number of methoxy groups -OCH3 is 7. The van der Waals surface area contributed by atoms with E-state index in [4.69, 9.17) is 67.1 Å². The predicted octanol–water partition coefficient (Wildman–Crippen LogP) is 9.24. The molecule has 0 spiro atoms. The number of hydrogen-bond donors (Lipinski definition) is 5. The number of aromatic carboxylic acids is 2. The van der Waals surface area contributed by atoms with Crippen molar-refractivity contribution in [1.29, 1.82) is 0 Å². The summed E-state index contributed by atoms with van der Waals surface area (Å²) in [6, 6.07) is 11.8. The van der Waals surface area contributed by atoms with E-state index < -0.39 is 23.9 Å². The fourth-order valence-corrected chi connectivity index (χ4v) is 6.26. The Hall–Kier alpha value is -7.04. The fourth-order valence-electron chi connectivity index (χ4n) is 6.26. The lowest BCUT2D eigenvalue weighted by molar-refractivity contribution is 0.0428. The molecule has 0 aliphatic carbocycles. The van der Waals surface area contributed by atoms with E-state index in [1.54, 1.807) is 25.3 Å². The van der Waals surface area contributed by atoms with Crippen molar-refractivity contribution in [2.75, 3.05) is 83.7 Å². The number of phenolic OH excluding ortho intramolecular Hbond substituents is 2. The predicted molar refractivity (Wildman–Crippen MR) is 266 cm³/mol. The number of aromatic hydroxyl groups is 3. The van der Waals surface area contributed by atoms with Crippen molar-refractivity contribution in [3.63, 3.8) is 0 Å². The van der Waals surface area contributed by atoms with E-state index in [1.165, 1.54) is 73.0 Å². The summed E-state index contributed by atoms with van der Waals surface area (Å²) in [5.41, 5.74) is 3.34. The van der Waals surface area contributed by atoms with Crippen LogP contribution < -0.4 is 23.7 Å². The summed E-state index contributed by atoms with van der Waals surface area (Å²) in [4.78, 5) is 45.5. The average Bonchev–Trinajstić information content (AvgIpc) is 3.34. The largest absolute Gasteiger partial charge is 0.508 e. The maximum absolute atomic E-state index is 11.9. The van der Waals surface area contributed by atoms with E-state index in [1.807, 2.05) is 55.4 Å². The van der Waals surface area contributed by atoms with Crippen molar-refractivity contribution in [1.82, 2.24) is 0 Å². The molecule has 4 aromatic rings. The summed E-state index contributed by atoms with van der Waals surface area (Å²) in [5, 5.41) is 47.2. The molecule has 0 unspecified atom stereocenters. The van der Waals surface area contributed by atoms with Crippen LogP contribution in [0.4, 0.5) is 0 Å². The molecule has 0 aliphatic heterocycles. The zero-order chi connectivity index (χ0) is 55.5. The number of ether oxygens (including phenoxy) is 12. The Morgan fingerprint density at radius 1 is 0.356 bits per heavy atom. The second-order valence-electron chi connectivity index (χ2n) is 16.6. The van der Waals surface area contributed by atoms with Crippen LogP contribution >= 0.6 is 0 Å². The molecule has 0 atom stereocenters. The van der Waals surface area contributed by atoms with Crippen molar-refractivity contribution in [3.05, 3.63) is 93.0 Å². The summed E-state index contributed by atoms with van der Waals surface area (Å²) in [7, 11) is 10.1. The molecule has 0 aromatic heterocycles. The Bertz CT molecular complexity index is 2370. The number of rotatable bonds is 23. The minimum absolute atomic E-state index is 0.00946. The summed E-state index contributed by atoms with van der Waals surface area (Å²) in [6.07, 6.45) is 0. The van der Waals surface area contributed by atoms with Gasteiger partial charge >= 0.3 is 23.9 Å². The van der Waals surface area contributed by atoms with Crippen LogP contribution in [0.15, 0.2) is 48.5 Å². The Balaban J connectivity index is 0.000000488. The summed E-state index contributed by atoms with van der Waals surface area (Å²) in [6.45, 7) is 15.5. The first kappa shape index (κ1) is 64.0. The second-order valence-corrected chi connectivity index (χ2v) is 16.6. The number of benzene rings is 4. The fraction of sp³-hybridized carbons (Fsp3) is 0.462. The van der Waals surface area contributed by atoms with Crippen LogP contribution in [0, 0.1) is 0 Å². The first-order valence-electron chi connectivity index (χ1n) is 22.5. The lowest BCUT2D eigenvalue weighted by Gasteiger charge is -2.18. The maximum atomic E-state index is 11.9. The number of hydrogen-bond acceptors (Lipinski definition) is 19. The molecule has 4 aromatic carbocycles. The molecule has 0 saturated carbocycles. The third-order valence-electron chi connectivity index (χ3n) is 9.92. The highest BCUT2D eigenvalue weighted by Crippen LogP contribution is 2.37. The van der Waals surface area contributed by atoms with E-state index in [-0.39, 0.29) is 103 Å². The molecule has 0 amide bonds. The number of carboxylic acid groups (broad SMARTS) is 2. The quantitative estimate of drug-likeness (QED) is 0.0342. The minimum atomic E-state index is -1.16. The molecule has 5 N–H and O–H groups in total. The van der Waals surface area contributed by atoms with Gasteiger partial charge in [0, 0.05) is 59.8 Å². The molecule has 406 valence electrons. The zero-order valence-corrected chi connectivity index (χ0v) is 44.2. The van der Waals surface area contributed by atoms with Gasteiger partial charge in [0.15, 0.2) is 34.0 Å². The number of carbonyl (C=O) groups excluding carboxylic acids is 2. The van der Waals surface area contributed by atoms with Gasteiger partial charge in [-0.05, 0) is 70.2 Å². The summed E-state index contributed by atoms with van der Waals surface area (Å²) < 4.78 is 60.1. The summed E-state index contributed by atoms with van der Waals surface area (Å²) in [5.74, 6) is -1.36. The molecule has 0 fully saturated rings. The van der Waals surface area contributed by atoms with E-state index in [0.29, 0.717) is 33.9 Å². The van der Waals surface area contributed by atoms with Crippen molar-refractivity contribution >= 4 is 23.9 Å². The lowest BCUT2D eigenvalue weighted by Crippen LogP contribution is -2.10. The van der Waals surface area contributed by atoms with Crippen LogP contribution in [0.25, 0.3) is 0 Å². The van der Waals surface area contributed by atoms with Gasteiger partial charge in [-0.15, -0.1) is 0 Å². The van der Waals surface area contributed by atoms with Crippen LogP contribution in [0.2, 0.25) is 0 Å². The van der Waals surface area contributed by atoms with Gasteiger partial charge in [-0.2, -0.15) is 0 Å². The second kappa shape index (κ2) is 32.8. The van der Waals surface area contributed by atoms with Gasteiger partial charge in [0.2, 0.25) is 0 Å². The molecular weight excluding hydrogens is 961 g/mol. The Morgan fingerprint density at radius 3 is 0.932 bits per heavy atom. The average molecular weight is 1030 g/mol. The minimum Gasteiger partial charge on any atom is -0.508 e. The monoisotopic (exact) mass is 1030 g/mol. The van der Waals surface area contributed by atoms with E-state index >= 15 is 0 Å². The Morgan fingerprint density at radius 2 is 0.616 bits per heavy atom. The molecule has 0 saturated heterocycles. The van der Waals surface area contributed by atoms with Crippen LogP contribution in [0.3, 0.4) is 0 Å². The third-order valence-corrected chi connectivity index (χ3v) is 9.92. The highest BCUT2D eigenvalue weighted by Gasteiger charge is 2.22. The molecular formula is C52H72O21. The van der Waals surface area contributed by atoms with Gasteiger partial charge in [0.05, 0.1) is 14.2 Å². The van der Waals surface area contributed by atoms with Crippen LogP contribution in [0.5, 0.6) is 46.0 Å². The molecule has 21 heteroatoms. The SMILES string of the molecule is COCOc1cc(O)c(C(=O)O)cc1C(C)C.COCOc1cc(O)c(C(C)C)cc1C(=O)O.COCOc1cc(O)c(C(C)C)cc1C(=O)OC.COCOc1cc(OCOC)c(C(C)C)cc1C(=O)OC. The van der Waals surface area contributed by atoms with Crippen molar-refractivity contribution in [2.45, 2.75) is 79.1 Å². The van der Waals surface area contributed by atoms with Crippen LogP contribution in [-0.4, -0.2) is 133 Å². The molecule has 0 aliphatic rings. The van der Waals surface area contributed by atoms with Gasteiger partial charge in [0.1, 0.15) is 68.2 Å². The molecule has 21 nitrogen and oxygen atoms in total. The van der Waals surface area contributed by atoms with Crippen molar-refractivity contribution in [2.24, 2.45) is 0 Å². The number of carbonyl (C=O) groups is 4. The highest BCUT2D eigenvalue weighted by atomic mass is 16.7. The topological polar surface area (TPSA) is 280 Å². The number of carboxylic acids is 2. The van der Waals surface area contributed by atoms with Crippen LogP contribution in [-0.2, 0) is 33.2 Å². The maximum Gasteiger partial charge on any atom is 0.341 e. The van der Waals surface area contributed by atoms with Crippen molar-refractivity contribution in [3.8, 4) is 46.0 Å². The Labute approximate surface area is 426 Å². The summed E-state index contributed by atoms with van der Waals surface area (Å²) >= 11 is 0. The van der Waals surface area contributed by atoms with E-state index in [0.717, 1.165) is 11.1 Å². The molecule has 0 heterocycles. The van der Waals surface area contributed by atoms with E-state index in [9.17, 15) is 34.5 Å². The van der Waals surface area contributed by atoms with Gasteiger partial charge in [-0.1, -0.05) is 55.4 Å². The molecule has 4 rings (SSSR count). The first-order valence-corrected chi connectivity index (χ1v) is 22.5. The van der Waals surface area contributed by atoms with Gasteiger partial charge in [-0.25, -0.2) is 19.2 Å². The first-order chi connectivity index (χ1) is 34.5.